The second-order valence-electron chi connectivity index (χ2n) is 4.86. The Balaban J connectivity index is 1.80. The first-order chi connectivity index (χ1) is 11.0. The van der Waals surface area contributed by atoms with Crippen LogP contribution in [0.25, 0.3) is 5.76 Å². The van der Waals surface area contributed by atoms with Crippen LogP contribution in [0.3, 0.4) is 0 Å². The zero-order valence-electron chi connectivity index (χ0n) is 11.8. The van der Waals surface area contributed by atoms with Crippen molar-refractivity contribution in [3.8, 4) is 0 Å². The third-order valence-electron chi connectivity index (χ3n) is 3.24. The van der Waals surface area contributed by atoms with Gasteiger partial charge in [-0.15, -0.1) is 0 Å². The fraction of sp³-hybridized carbons (Fsp3) is 0. The Morgan fingerprint density at radius 3 is 2.09 bits per heavy atom. The summed E-state index contributed by atoms with van der Waals surface area (Å²) in [4.78, 5) is 24.1. The van der Waals surface area contributed by atoms with Gasteiger partial charge < -0.3 is 4.74 Å². The second-order valence-corrected chi connectivity index (χ2v) is 5.73. The average molecular weight is 345 g/mol. The SMILES string of the molecule is O=C1C=C(c2ccc(Cl)cc2)OC1=CC(=O)c1ccc(Cl)cc1. The molecule has 3 rings (SSSR count). The maximum Gasteiger partial charge on any atom is 0.224 e. The highest BCUT2D eigenvalue weighted by Crippen LogP contribution is 2.27. The van der Waals surface area contributed by atoms with E-state index in [1.54, 1.807) is 48.5 Å². The zero-order valence-corrected chi connectivity index (χ0v) is 13.3. The van der Waals surface area contributed by atoms with E-state index < -0.39 is 0 Å². The fourth-order valence-electron chi connectivity index (χ4n) is 2.06. The first-order valence-electron chi connectivity index (χ1n) is 6.74. The van der Waals surface area contributed by atoms with Gasteiger partial charge in [-0.2, -0.15) is 0 Å². The standard InChI is InChI=1S/C18H10Cl2O3/c19-13-5-1-11(2-6-13)15(21)9-18-16(22)10-17(23-18)12-3-7-14(20)8-4-12/h1-10H. The average Bonchev–Trinajstić information content (AvgIpc) is 2.89. The van der Waals surface area contributed by atoms with Crippen LogP contribution in [0.2, 0.25) is 10.0 Å². The first-order valence-corrected chi connectivity index (χ1v) is 7.50. The van der Waals surface area contributed by atoms with Gasteiger partial charge >= 0.3 is 0 Å². The van der Waals surface area contributed by atoms with Gasteiger partial charge in [-0.05, 0) is 48.5 Å². The molecule has 23 heavy (non-hydrogen) atoms. The van der Waals surface area contributed by atoms with Crippen molar-refractivity contribution in [2.24, 2.45) is 0 Å². The Bertz CT molecular complexity index is 832. The molecule has 1 aliphatic heterocycles. The minimum atomic E-state index is -0.350. The minimum absolute atomic E-state index is 0.00472. The molecule has 114 valence electrons. The van der Waals surface area contributed by atoms with E-state index in [1.165, 1.54) is 12.2 Å². The quantitative estimate of drug-likeness (QED) is 0.598. The predicted molar refractivity (Wildman–Crippen MR) is 89.4 cm³/mol. The molecule has 0 spiro atoms. The number of allylic oxidation sites excluding steroid dienone is 2. The molecule has 0 aliphatic carbocycles. The molecule has 1 aliphatic rings. The van der Waals surface area contributed by atoms with Crippen molar-refractivity contribution in [3.05, 3.63) is 87.6 Å². The molecule has 0 saturated carbocycles. The van der Waals surface area contributed by atoms with Gasteiger partial charge in [0.15, 0.2) is 11.5 Å². The largest absolute Gasteiger partial charge is 0.452 e. The molecule has 0 atom stereocenters. The lowest BCUT2D eigenvalue weighted by atomic mass is 10.1. The number of benzene rings is 2. The highest BCUT2D eigenvalue weighted by Gasteiger charge is 2.23. The Morgan fingerprint density at radius 2 is 1.48 bits per heavy atom. The molecule has 0 N–H and O–H groups in total. The summed E-state index contributed by atoms with van der Waals surface area (Å²) in [5.41, 5.74) is 1.14. The summed E-state index contributed by atoms with van der Waals surface area (Å²) in [6, 6.07) is 13.3. The van der Waals surface area contributed by atoms with E-state index in [-0.39, 0.29) is 17.3 Å². The van der Waals surface area contributed by atoms with E-state index in [9.17, 15) is 9.59 Å². The number of rotatable bonds is 3. The highest BCUT2D eigenvalue weighted by atomic mass is 35.5. The molecule has 0 saturated heterocycles. The monoisotopic (exact) mass is 344 g/mol. The van der Waals surface area contributed by atoms with E-state index in [0.29, 0.717) is 26.9 Å². The van der Waals surface area contributed by atoms with Crippen LogP contribution in [0, 0.1) is 0 Å². The second kappa shape index (κ2) is 6.41. The van der Waals surface area contributed by atoms with Gasteiger partial charge in [-0.1, -0.05) is 23.2 Å². The Labute approximate surface area is 142 Å². The van der Waals surface area contributed by atoms with Crippen LogP contribution in [-0.4, -0.2) is 11.6 Å². The van der Waals surface area contributed by atoms with E-state index in [4.69, 9.17) is 27.9 Å². The molecule has 0 amide bonds. The van der Waals surface area contributed by atoms with E-state index in [2.05, 4.69) is 0 Å². The number of carbonyl (C=O) groups is 2. The molecule has 0 aromatic heterocycles. The van der Waals surface area contributed by atoms with Gasteiger partial charge in [0.05, 0.1) is 0 Å². The molecule has 0 radical (unpaired) electrons. The summed E-state index contributed by atoms with van der Waals surface area (Å²) in [5.74, 6) is -0.287. The summed E-state index contributed by atoms with van der Waals surface area (Å²) >= 11 is 11.6. The maximum absolute atomic E-state index is 12.2. The number of halogens is 2. The minimum Gasteiger partial charge on any atom is -0.452 e. The smallest absolute Gasteiger partial charge is 0.224 e. The zero-order chi connectivity index (χ0) is 16.4. The Hall–Kier alpha value is -2.36. The summed E-state index contributed by atoms with van der Waals surface area (Å²) < 4.78 is 5.50. The topological polar surface area (TPSA) is 43.4 Å². The Kier molecular flexibility index (Phi) is 4.33. The fourth-order valence-corrected chi connectivity index (χ4v) is 2.31. The van der Waals surface area contributed by atoms with Crippen LogP contribution in [0.15, 0.2) is 66.4 Å². The van der Waals surface area contributed by atoms with Crippen LogP contribution in [0.1, 0.15) is 15.9 Å². The molecule has 1 heterocycles. The number of hydrogen-bond acceptors (Lipinski definition) is 3. The Morgan fingerprint density at radius 1 is 0.913 bits per heavy atom. The van der Waals surface area contributed by atoms with Crippen LogP contribution < -0.4 is 0 Å². The van der Waals surface area contributed by atoms with Crippen molar-refractivity contribution in [2.45, 2.75) is 0 Å². The van der Waals surface area contributed by atoms with Crippen molar-refractivity contribution in [3.63, 3.8) is 0 Å². The van der Waals surface area contributed by atoms with Crippen LogP contribution in [-0.2, 0) is 9.53 Å². The molecular formula is C18H10Cl2O3. The van der Waals surface area contributed by atoms with Crippen LogP contribution >= 0.6 is 23.2 Å². The summed E-state index contributed by atoms with van der Waals surface area (Å²) in [6.07, 6.45) is 2.54. The van der Waals surface area contributed by atoms with Crippen molar-refractivity contribution in [1.82, 2.24) is 0 Å². The number of ether oxygens (including phenoxy) is 1. The molecular weight excluding hydrogens is 335 g/mol. The van der Waals surface area contributed by atoms with Gasteiger partial charge in [-0.25, -0.2) is 0 Å². The third-order valence-corrected chi connectivity index (χ3v) is 3.75. The van der Waals surface area contributed by atoms with Gasteiger partial charge in [-0.3, -0.25) is 9.59 Å². The predicted octanol–water partition coefficient (Wildman–Crippen LogP) is 4.70. The van der Waals surface area contributed by atoms with Gasteiger partial charge in [0, 0.05) is 33.3 Å². The van der Waals surface area contributed by atoms with E-state index in [0.717, 1.165) is 0 Å². The molecule has 0 unspecified atom stereocenters. The first kappa shape index (κ1) is 15.5. The van der Waals surface area contributed by atoms with Crippen molar-refractivity contribution >= 4 is 40.5 Å². The molecule has 3 nitrogen and oxygen atoms in total. The normalized spacial score (nSPS) is 15.5. The number of hydrogen-bond donors (Lipinski definition) is 0. The maximum atomic E-state index is 12.2. The lowest BCUT2D eigenvalue weighted by molar-refractivity contribution is -0.112. The summed E-state index contributed by atoms with van der Waals surface area (Å²) in [7, 11) is 0. The van der Waals surface area contributed by atoms with Gasteiger partial charge in [0.2, 0.25) is 5.78 Å². The van der Waals surface area contributed by atoms with Gasteiger partial charge in [0.1, 0.15) is 5.76 Å². The molecule has 2 aromatic carbocycles. The lowest BCUT2D eigenvalue weighted by Gasteiger charge is -2.04. The third kappa shape index (κ3) is 3.52. The van der Waals surface area contributed by atoms with Crippen molar-refractivity contribution < 1.29 is 14.3 Å². The van der Waals surface area contributed by atoms with Crippen LogP contribution in [0.4, 0.5) is 0 Å². The molecule has 0 fully saturated rings. The number of carbonyl (C=O) groups excluding carboxylic acids is 2. The number of ketones is 2. The highest BCUT2D eigenvalue weighted by molar-refractivity contribution is 6.31. The van der Waals surface area contributed by atoms with E-state index in [1.807, 2.05) is 0 Å². The molecule has 0 bridgehead atoms. The molecule has 5 heteroatoms. The lowest BCUT2D eigenvalue weighted by Crippen LogP contribution is -2.01. The van der Waals surface area contributed by atoms with E-state index >= 15 is 0 Å². The molecule has 2 aromatic rings. The van der Waals surface area contributed by atoms with Crippen molar-refractivity contribution in [2.75, 3.05) is 0 Å². The van der Waals surface area contributed by atoms with Gasteiger partial charge in [0.25, 0.3) is 0 Å². The van der Waals surface area contributed by atoms with Crippen LogP contribution in [0.5, 0.6) is 0 Å². The summed E-state index contributed by atoms with van der Waals surface area (Å²) in [6.45, 7) is 0. The summed E-state index contributed by atoms with van der Waals surface area (Å²) in [5, 5.41) is 1.13. The van der Waals surface area contributed by atoms with Crippen molar-refractivity contribution in [1.29, 1.82) is 0 Å².